The second-order valence-electron chi connectivity index (χ2n) is 4.39. The molecule has 1 aliphatic heterocycles. The van der Waals surface area contributed by atoms with E-state index < -0.39 is 11.9 Å². The van der Waals surface area contributed by atoms with Crippen LogP contribution in [-0.4, -0.2) is 52.0 Å². The van der Waals surface area contributed by atoms with Gasteiger partial charge < -0.3 is 5.11 Å². The fraction of sp³-hybridized carbons (Fsp3) is 0.900. The van der Waals surface area contributed by atoms with Gasteiger partial charge in [0.15, 0.2) is 0 Å². The lowest BCUT2D eigenvalue weighted by Crippen LogP contribution is -2.37. The molecule has 1 saturated heterocycles. The zero-order chi connectivity index (χ0) is 12.3. The molecule has 1 rings (SSSR count). The van der Waals surface area contributed by atoms with Crippen molar-refractivity contribution in [3.63, 3.8) is 0 Å². The van der Waals surface area contributed by atoms with Gasteiger partial charge >= 0.3 is 5.97 Å². The monoisotopic (exact) mass is 253 g/mol. The van der Waals surface area contributed by atoms with Crippen LogP contribution in [0.2, 0.25) is 0 Å². The number of carboxylic acids is 1. The lowest BCUT2D eigenvalue weighted by atomic mass is 10.2. The highest BCUT2D eigenvalue weighted by molar-refractivity contribution is 7.99. The van der Waals surface area contributed by atoms with Gasteiger partial charge in [-0.2, -0.15) is 0 Å². The van der Waals surface area contributed by atoms with Gasteiger partial charge in [0.05, 0.1) is 12.3 Å². The van der Waals surface area contributed by atoms with Gasteiger partial charge in [0.1, 0.15) is 0 Å². The SMILES string of the molecule is CC(C)N1CC(F)(F)CC1CSCC(=O)O. The second-order valence-corrected chi connectivity index (χ2v) is 5.42. The molecule has 0 radical (unpaired) electrons. The lowest BCUT2D eigenvalue weighted by Gasteiger charge is -2.27. The number of carboxylic acid groups (broad SMARTS) is 1. The van der Waals surface area contributed by atoms with E-state index in [9.17, 15) is 13.6 Å². The van der Waals surface area contributed by atoms with Crippen molar-refractivity contribution in [1.82, 2.24) is 4.90 Å². The standard InChI is InChI=1S/C10H17F2NO2S/c1-7(2)13-6-10(11,12)3-8(13)4-16-5-9(14)15/h7-8H,3-6H2,1-2H3,(H,14,15). The van der Waals surface area contributed by atoms with E-state index in [2.05, 4.69) is 0 Å². The van der Waals surface area contributed by atoms with Crippen LogP contribution in [0.15, 0.2) is 0 Å². The Hall–Kier alpha value is -0.360. The van der Waals surface area contributed by atoms with Gasteiger partial charge in [-0.05, 0) is 13.8 Å². The number of rotatable bonds is 5. The Bertz CT molecular complexity index is 261. The van der Waals surface area contributed by atoms with E-state index in [0.29, 0.717) is 5.75 Å². The lowest BCUT2D eigenvalue weighted by molar-refractivity contribution is -0.133. The van der Waals surface area contributed by atoms with Crippen LogP contribution < -0.4 is 0 Å². The first kappa shape index (κ1) is 13.7. The first-order chi connectivity index (χ1) is 7.32. The van der Waals surface area contributed by atoms with Crippen molar-refractivity contribution in [1.29, 1.82) is 0 Å². The Labute approximate surface area is 98.2 Å². The number of halogens is 2. The van der Waals surface area contributed by atoms with Crippen molar-refractivity contribution >= 4 is 17.7 Å². The van der Waals surface area contributed by atoms with E-state index >= 15 is 0 Å². The number of aliphatic carboxylic acids is 1. The molecule has 0 aromatic heterocycles. The molecule has 1 aliphatic rings. The summed E-state index contributed by atoms with van der Waals surface area (Å²) in [5, 5.41) is 8.48. The van der Waals surface area contributed by atoms with E-state index in [0.717, 1.165) is 0 Å². The predicted octanol–water partition coefficient (Wildman–Crippen LogP) is 1.92. The third kappa shape index (κ3) is 3.90. The summed E-state index contributed by atoms with van der Waals surface area (Å²) in [7, 11) is 0. The Balaban J connectivity index is 2.47. The smallest absolute Gasteiger partial charge is 0.313 e. The summed E-state index contributed by atoms with van der Waals surface area (Å²) in [5.41, 5.74) is 0. The van der Waals surface area contributed by atoms with Gasteiger partial charge in [-0.3, -0.25) is 9.69 Å². The first-order valence-corrected chi connectivity index (χ1v) is 6.40. The highest BCUT2D eigenvalue weighted by Gasteiger charge is 2.45. The molecule has 0 amide bonds. The van der Waals surface area contributed by atoms with Crippen molar-refractivity contribution in [3.8, 4) is 0 Å². The molecule has 1 N–H and O–H groups in total. The normalized spacial score (nSPS) is 25.2. The van der Waals surface area contributed by atoms with Crippen LogP contribution >= 0.6 is 11.8 Å². The molecule has 6 heteroatoms. The number of thioether (sulfide) groups is 1. The van der Waals surface area contributed by atoms with Crippen LogP contribution in [0.4, 0.5) is 8.78 Å². The van der Waals surface area contributed by atoms with Crippen LogP contribution in [0.5, 0.6) is 0 Å². The maximum absolute atomic E-state index is 13.2. The zero-order valence-corrected chi connectivity index (χ0v) is 10.3. The minimum absolute atomic E-state index is 0.0198. The summed E-state index contributed by atoms with van der Waals surface area (Å²) >= 11 is 1.21. The molecule has 3 nitrogen and oxygen atoms in total. The molecule has 94 valence electrons. The van der Waals surface area contributed by atoms with E-state index in [4.69, 9.17) is 5.11 Å². The fourth-order valence-corrected chi connectivity index (χ4v) is 2.84. The topological polar surface area (TPSA) is 40.5 Å². The van der Waals surface area contributed by atoms with Crippen molar-refractivity contribution in [3.05, 3.63) is 0 Å². The summed E-state index contributed by atoms with van der Waals surface area (Å²) in [6.07, 6.45) is -0.155. The summed E-state index contributed by atoms with van der Waals surface area (Å²) in [6.45, 7) is 3.56. The molecule has 16 heavy (non-hydrogen) atoms. The minimum Gasteiger partial charge on any atom is -0.481 e. The third-order valence-electron chi connectivity index (χ3n) is 2.62. The molecular weight excluding hydrogens is 236 g/mol. The predicted molar refractivity (Wildman–Crippen MR) is 60.2 cm³/mol. The van der Waals surface area contributed by atoms with E-state index in [1.807, 2.05) is 13.8 Å². The molecule has 0 spiro atoms. The van der Waals surface area contributed by atoms with Crippen molar-refractivity contribution in [2.75, 3.05) is 18.1 Å². The largest absolute Gasteiger partial charge is 0.481 e. The van der Waals surface area contributed by atoms with Crippen LogP contribution in [0.1, 0.15) is 20.3 Å². The van der Waals surface area contributed by atoms with Gasteiger partial charge in [0, 0.05) is 24.3 Å². The Kier molecular flexibility index (Phi) is 4.55. The van der Waals surface area contributed by atoms with E-state index in [1.54, 1.807) is 4.90 Å². The van der Waals surface area contributed by atoms with Gasteiger partial charge in [0.25, 0.3) is 5.92 Å². The maximum Gasteiger partial charge on any atom is 0.313 e. The first-order valence-electron chi connectivity index (χ1n) is 5.25. The third-order valence-corrected chi connectivity index (χ3v) is 3.69. The highest BCUT2D eigenvalue weighted by atomic mass is 32.2. The molecule has 0 bridgehead atoms. The molecular formula is C10H17F2NO2S. The number of nitrogens with zero attached hydrogens (tertiary/aromatic N) is 1. The Morgan fingerprint density at radius 3 is 2.75 bits per heavy atom. The molecule has 1 heterocycles. The van der Waals surface area contributed by atoms with E-state index in [-0.39, 0.29) is 30.8 Å². The van der Waals surface area contributed by atoms with Crippen molar-refractivity contribution in [2.24, 2.45) is 0 Å². The molecule has 0 aromatic carbocycles. The quantitative estimate of drug-likeness (QED) is 0.812. The minimum atomic E-state index is -2.63. The van der Waals surface area contributed by atoms with Crippen LogP contribution in [0, 0.1) is 0 Å². The number of hydrogen-bond acceptors (Lipinski definition) is 3. The molecule has 1 fully saturated rings. The fourth-order valence-electron chi connectivity index (χ4n) is 1.96. The van der Waals surface area contributed by atoms with Crippen LogP contribution in [0.25, 0.3) is 0 Å². The maximum atomic E-state index is 13.2. The number of alkyl halides is 2. The van der Waals surface area contributed by atoms with Gasteiger partial charge in [-0.15, -0.1) is 11.8 Å². The summed E-state index contributed by atoms with van der Waals surface area (Å²) < 4.78 is 26.4. The van der Waals surface area contributed by atoms with Crippen LogP contribution in [-0.2, 0) is 4.79 Å². The van der Waals surface area contributed by atoms with Gasteiger partial charge in [-0.25, -0.2) is 8.78 Å². The number of carbonyl (C=O) groups is 1. The molecule has 0 saturated carbocycles. The Morgan fingerprint density at radius 2 is 2.25 bits per heavy atom. The number of hydrogen-bond donors (Lipinski definition) is 1. The van der Waals surface area contributed by atoms with Gasteiger partial charge in [-0.1, -0.05) is 0 Å². The number of likely N-dealkylation sites (tertiary alicyclic amines) is 1. The van der Waals surface area contributed by atoms with Crippen LogP contribution in [0.3, 0.4) is 0 Å². The molecule has 1 atom stereocenters. The molecule has 0 aliphatic carbocycles. The average Bonchev–Trinajstić information content (AvgIpc) is 2.40. The molecule has 1 unspecified atom stereocenters. The average molecular weight is 253 g/mol. The van der Waals surface area contributed by atoms with Crippen molar-refractivity contribution < 1.29 is 18.7 Å². The summed E-state index contributed by atoms with van der Waals surface area (Å²) in [5.74, 6) is -3.09. The zero-order valence-electron chi connectivity index (χ0n) is 9.45. The van der Waals surface area contributed by atoms with Gasteiger partial charge in [0.2, 0.25) is 0 Å². The highest BCUT2D eigenvalue weighted by Crippen LogP contribution is 2.34. The summed E-state index contributed by atoms with van der Waals surface area (Å²) in [4.78, 5) is 12.1. The molecule has 0 aromatic rings. The second kappa shape index (κ2) is 5.31. The Morgan fingerprint density at radius 1 is 1.62 bits per heavy atom. The summed E-state index contributed by atoms with van der Waals surface area (Å²) in [6, 6.07) is -0.136. The van der Waals surface area contributed by atoms with Crippen molar-refractivity contribution in [2.45, 2.75) is 38.3 Å². The van der Waals surface area contributed by atoms with E-state index in [1.165, 1.54) is 11.8 Å².